The van der Waals surface area contributed by atoms with Crippen LogP contribution in [0.2, 0.25) is 0 Å². The summed E-state index contributed by atoms with van der Waals surface area (Å²) in [5, 5.41) is 7.93. The Labute approximate surface area is 260 Å². The minimum Gasteiger partial charge on any atom is -0.382 e. The summed E-state index contributed by atoms with van der Waals surface area (Å²) in [6, 6.07) is 41.1. The number of para-hydroxylation sites is 3. The van der Waals surface area contributed by atoms with E-state index in [1.165, 1.54) is 95.8 Å². The highest BCUT2D eigenvalue weighted by Crippen LogP contribution is 2.49. The Morgan fingerprint density at radius 2 is 1.45 bits per heavy atom. The Morgan fingerprint density at radius 1 is 0.614 bits per heavy atom. The molecule has 0 fully saturated rings. The first-order valence-electron chi connectivity index (χ1n) is 15.1. The molecule has 0 spiro atoms. The maximum atomic E-state index is 2.53. The molecule has 6 heterocycles. The van der Waals surface area contributed by atoms with Crippen molar-refractivity contribution in [3.05, 3.63) is 122 Å². The van der Waals surface area contributed by atoms with Crippen LogP contribution in [0.3, 0.4) is 0 Å². The topological polar surface area (TPSA) is 14.3 Å². The molecule has 12 rings (SSSR count). The van der Waals surface area contributed by atoms with Crippen LogP contribution in [0.25, 0.3) is 75.1 Å². The van der Waals surface area contributed by atoms with E-state index in [2.05, 4.69) is 135 Å². The maximum Gasteiger partial charge on any atom is 0.330 e. The largest absolute Gasteiger partial charge is 0.382 e. The van der Waals surface area contributed by atoms with Gasteiger partial charge in [-0.2, -0.15) is 0 Å². The van der Waals surface area contributed by atoms with E-state index >= 15 is 0 Å². The Hall–Kier alpha value is -4.91. The molecule has 44 heavy (non-hydrogen) atoms. The predicted molar refractivity (Wildman–Crippen MR) is 188 cm³/mol. The standard InChI is InChI=1S/C38H20BN3S2/c1-3-13-29-27(11-1)39-35-31(43-29)19-26-25(33(35)23-9-5-7-21-15-17-40(39)36(21)23)20-32-38-34(26)24-10-6-8-22-16-18-41(37(22)24)42(38)28-12-2-4-14-30(28)44-32/h1-20H. The second kappa shape index (κ2) is 7.59. The highest BCUT2D eigenvalue weighted by molar-refractivity contribution is 8.00. The lowest BCUT2D eigenvalue weighted by Gasteiger charge is -2.34. The lowest BCUT2D eigenvalue weighted by Crippen LogP contribution is -2.54. The van der Waals surface area contributed by atoms with E-state index < -0.39 is 0 Å². The number of aromatic nitrogens is 3. The van der Waals surface area contributed by atoms with E-state index in [0.717, 1.165) is 0 Å². The molecule has 8 aromatic rings. The molecule has 4 aliphatic rings. The van der Waals surface area contributed by atoms with Gasteiger partial charge in [0, 0.05) is 43.2 Å². The number of rotatable bonds is 0. The molecule has 6 aromatic carbocycles. The molecule has 0 atom stereocenters. The molecule has 0 N–H and O–H groups in total. The minimum absolute atomic E-state index is 0.159. The first kappa shape index (κ1) is 22.6. The Balaban J connectivity index is 1.39. The van der Waals surface area contributed by atoms with Crippen LogP contribution in [0.5, 0.6) is 0 Å². The second-order valence-electron chi connectivity index (χ2n) is 12.2. The van der Waals surface area contributed by atoms with Crippen LogP contribution in [0.4, 0.5) is 0 Å². The van der Waals surface area contributed by atoms with Crippen molar-refractivity contribution in [1.82, 2.24) is 13.7 Å². The van der Waals surface area contributed by atoms with Gasteiger partial charge in [-0.25, -0.2) is 4.68 Å². The van der Waals surface area contributed by atoms with Gasteiger partial charge in [-0.05, 0) is 81.3 Å². The first-order valence-corrected chi connectivity index (χ1v) is 16.7. The predicted octanol–water partition coefficient (Wildman–Crippen LogP) is 8.90. The van der Waals surface area contributed by atoms with Crippen LogP contribution >= 0.6 is 23.1 Å². The van der Waals surface area contributed by atoms with Crippen molar-refractivity contribution in [2.45, 2.75) is 9.79 Å². The van der Waals surface area contributed by atoms with Crippen molar-refractivity contribution in [2.24, 2.45) is 0 Å². The van der Waals surface area contributed by atoms with Crippen molar-refractivity contribution in [3.8, 4) is 16.8 Å². The molecule has 0 radical (unpaired) electrons. The first-order chi connectivity index (χ1) is 21.8. The zero-order chi connectivity index (χ0) is 28.3. The average molecular weight is 594 g/mol. The zero-order valence-corrected chi connectivity index (χ0v) is 24.9. The molecule has 4 aliphatic heterocycles. The Bertz CT molecular complexity index is 2880. The van der Waals surface area contributed by atoms with Gasteiger partial charge in [0.1, 0.15) is 0 Å². The van der Waals surface area contributed by atoms with Crippen molar-refractivity contribution in [1.29, 1.82) is 0 Å². The summed E-state index contributed by atoms with van der Waals surface area (Å²) in [6.07, 6.45) is 4.54. The van der Waals surface area contributed by atoms with Gasteiger partial charge in [-0.3, -0.25) is 4.52 Å². The van der Waals surface area contributed by atoms with Crippen LogP contribution in [-0.4, -0.2) is 20.5 Å². The summed E-state index contributed by atoms with van der Waals surface area (Å²) in [7, 11) is 0. The molecule has 202 valence electrons. The highest BCUT2D eigenvalue weighted by atomic mass is 32.2. The van der Waals surface area contributed by atoms with E-state index in [1.807, 2.05) is 23.1 Å². The third-order valence-electron chi connectivity index (χ3n) is 10.1. The van der Waals surface area contributed by atoms with Crippen molar-refractivity contribution < 1.29 is 0 Å². The highest BCUT2D eigenvalue weighted by Gasteiger charge is 2.40. The molecule has 0 saturated heterocycles. The number of benzene rings is 6. The van der Waals surface area contributed by atoms with Crippen molar-refractivity contribution in [3.63, 3.8) is 0 Å². The van der Waals surface area contributed by atoms with Crippen LogP contribution in [0.15, 0.2) is 131 Å². The van der Waals surface area contributed by atoms with Gasteiger partial charge in [-0.15, -0.1) is 11.3 Å². The summed E-state index contributed by atoms with van der Waals surface area (Å²) < 4.78 is 9.97. The maximum absolute atomic E-state index is 2.53. The zero-order valence-electron chi connectivity index (χ0n) is 23.3. The van der Waals surface area contributed by atoms with Crippen molar-refractivity contribution >= 4 is 99.1 Å². The Kier molecular flexibility index (Phi) is 3.90. The van der Waals surface area contributed by atoms with E-state index in [0.29, 0.717) is 0 Å². The molecule has 2 aromatic heterocycles. The third-order valence-corrected chi connectivity index (χ3v) is 12.3. The average Bonchev–Trinajstić information content (AvgIpc) is 3.70. The quantitative estimate of drug-likeness (QED) is 0.0974. The number of nitrogens with zero attached hydrogens (tertiary/aromatic N) is 3. The number of fused-ring (bicyclic) bond motifs is 11. The van der Waals surface area contributed by atoms with Gasteiger partial charge < -0.3 is 4.48 Å². The van der Waals surface area contributed by atoms with E-state index in [4.69, 9.17) is 0 Å². The Morgan fingerprint density at radius 3 is 2.43 bits per heavy atom. The number of hydrogen-bond donors (Lipinski definition) is 0. The molecule has 0 aliphatic carbocycles. The van der Waals surface area contributed by atoms with Gasteiger partial charge in [0.25, 0.3) is 0 Å². The molecule has 0 amide bonds. The third kappa shape index (κ3) is 2.50. The number of hydrogen-bond acceptors (Lipinski definition) is 2. The summed E-state index contributed by atoms with van der Waals surface area (Å²) in [4.78, 5) is 2.72. The summed E-state index contributed by atoms with van der Waals surface area (Å²) >= 11 is 3.85. The molecular weight excluding hydrogens is 573 g/mol. The van der Waals surface area contributed by atoms with Crippen LogP contribution < -0.4 is 10.9 Å². The lowest BCUT2D eigenvalue weighted by molar-refractivity contribution is 0.828. The normalized spacial score (nSPS) is 13.8. The lowest BCUT2D eigenvalue weighted by atomic mass is 9.47. The molecule has 0 saturated carbocycles. The van der Waals surface area contributed by atoms with Crippen LogP contribution in [-0.2, 0) is 0 Å². The molecule has 0 bridgehead atoms. The molecular formula is C38H20BN3S2. The fourth-order valence-corrected chi connectivity index (χ4v) is 10.7. The molecule has 6 heteroatoms. The van der Waals surface area contributed by atoms with E-state index in [9.17, 15) is 0 Å². The van der Waals surface area contributed by atoms with Crippen molar-refractivity contribution in [2.75, 3.05) is 0 Å². The second-order valence-corrected chi connectivity index (χ2v) is 14.3. The minimum atomic E-state index is 0.159. The van der Waals surface area contributed by atoms with Gasteiger partial charge in [0.2, 0.25) is 0 Å². The fourth-order valence-electron chi connectivity index (χ4n) is 8.43. The van der Waals surface area contributed by atoms with E-state index in [1.54, 1.807) is 0 Å². The fraction of sp³-hybridized carbons (Fsp3) is 0. The van der Waals surface area contributed by atoms with Gasteiger partial charge >= 0.3 is 6.85 Å². The van der Waals surface area contributed by atoms with Gasteiger partial charge in [0.15, 0.2) is 0 Å². The van der Waals surface area contributed by atoms with Gasteiger partial charge in [0.05, 0.1) is 26.1 Å². The smallest absolute Gasteiger partial charge is 0.330 e. The molecule has 0 unspecified atom stereocenters. The summed E-state index contributed by atoms with van der Waals surface area (Å²) in [5.74, 6) is 0. The van der Waals surface area contributed by atoms with Crippen LogP contribution in [0, 0.1) is 0 Å². The summed E-state index contributed by atoms with van der Waals surface area (Å²) in [5.41, 5.74) is 10.7. The molecule has 3 nitrogen and oxygen atoms in total. The van der Waals surface area contributed by atoms with Gasteiger partial charge in [-0.1, -0.05) is 78.5 Å². The van der Waals surface area contributed by atoms with E-state index in [-0.39, 0.29) is 6.85 Å². The van der Waals surface area contributed by atoms with Crippen LogP contribution in [0.1, 0.15) is 0 Å². The SMILES string of the molecule is c1ccc2c(c1)Sc1cc3c(cc4sc5ccccc5n5n6ccc7cccc(c3c4-5)c76)c3c1B2n1ccc2cccc-3c21. The summed E-state index contributed by atoms with van der Waals surface area (Å²) in [6.45, 7) is 0.159. The monoisotopic (exact) mass is 593 g/mol.